The average molecular weight is 304 g/mol. The number of nitrogens with one attached hydrogen (secondary N) is 1. The van der Waals surface area contributed by atoms with Crippen LogP contribution in [0.25, 0.3) is 5.69 Å². The molecule has 23 heavy (non-hydrogen) atoms. The summed E-state index contributed by atoms with van der Waals surface area (Å²) in [6.45, 7) is 4.02. The Balaban J connectivity index is 1.68. The number of para-hydroxylation sites is 1. The van der Waals surface area contributed by atoms with E-state index in [1.807, 2.05) is 85.4 Å². The van der Waals surface area contributed by atoms with Gasteiger partial charge in [-0.15, -0.1) is 0 Å². The SMILES string of the molecule is Cc1cccc(C)c1NC(=O)Cc1ccc(-n2cccc2)cc1. The van der Waals surface area contributed by atoms with Gasteiger partial charge in [-0.25, -0.2) is 0 Å². The molecule has 0 spiro atoms. The highest BCUT2D eigenvalue weighted by molar-refractivity contribution is 5.93. The number of hydrogen-bond acceptors (Lipinski definition) is 1. The van der Waals surface area contributed by atoms with Gasteiger partial charge in [0.2, 0.25) is 5.91 Å². The van der Waals surface area contributed by atoms with E-state index in [2.05, 4.69) is 5.32 Å². The summed E-state index contributed by atoms with van der Waals surface area (Å²) in [5.74, 6) is 0.0103. The van der Waals surface area contributed by atoms with Gasteiger partial charge in [0, 0.05) is 23.8 Å². The van der Waals surface area contributed by atoms with Crippen LogP contribution in [0, 0.1) is 13.8 Å². The summed E-state index contributed by atoms with van der Waals surface area (Å²) in [7, 11) is 0. The molecule has 0 bridgehead atoms. The number of carbonyl (C=O) groups excluding carboxylic acids is 1. The molecule has 0 saturated heterocycles. The quantitative estimate of drug-likeness (QED) is 0.767. The van der Waals surface area contributed by atoms with Crippen LogP contribution in [0.4, 0.5) is 5.69 Å². The summed E-state index contributed by atoms with van der Waals surface area (Å²) in [6, 6.07) is 18.1. The molecule has 0 atom stereocenters. The molecule has 0 aliphatic rings. The minimum atomic E-state index is 0.0103. The van der Waals surface area contributed by atoms with Crippen LogP contribution in [0.1, 0.15) is 16.7 Å². The highest BCUT2D eigenvalue weighted by atomic mass is 16.1. The molecule has 1 aromatic heterocycles. The smallest absolute Gasteiger partial charge is 0.228 e. The Labute approximate surface area is 136 Å². The average Bonchev–Trinajstić information content (AvgIpc) is 3.06. The number of nitrogens with zero attached hydrogens (tertiary/aromatic N) is 1. The van der Waals surface area contributed by atoms with Crippen LogP contribution >= 0.6 is 0 Å². The van der Waals surface area contributed by atoms with E-state index in [1.54, 1.807) is 0 Å². The van der Waals surface area contributed by atoms with Crippen molar-refractivity contribution in [3.8, 4) is 5.69 Å². The number of amides is 1. The summed E-state index contributed by atoms with van der Waals surface area (Å²) in [5.41, 5.74) is 5.18. The van der Waals surface area contributed by atoms with Crippen molar-refractivity contribution >= 4 is 11.6 Å². The molecule has 0 unspecified atom stereocenters. The van der Waals surface area contributed by atoms with Crippen molar-refractivity contribution in [1.82, 2.24) is 4.57 Å². The maximum absolute atomic E-state index is 12.3. The van der Waals surface area contributed by atoms with Gasteiger partial charge in [0.15, 0.2) is 0 Å². The van der Waals surface area contributed by atoms with E-state index in [1.165, 1.54) is 0 Å². The highest BCUT2D eigenvalue weighted by Crippen LogP contribution is 2.20. The molecule has 3 heteroatoms. The van der Waals surface area contributed by atoms with E-state index in [0.717, 1.165) is 28.1 Å². The third-order valence-electron chi connectivity index (χ3n) is 3.95. The summed E-state index contributed by atoms with van der Waals surface area (Å²) >= 11 is 0. The van der Waals surface area contributed by atoms with Crippen LogP contribution in [0.2, 0.25) is 0 Å². The molecular weight excluding hydrogens is 284 g/mol. The summed E-state index contributed by atoms with van der Waals surface area (Å²) in [5, 5.41) is 3.02. The molecule has 1 amide bonds. The van der Waals surface area contributed by atoms with Gasteiger partial charge in [-0.05, 0) is 54.8 Å². The zero-order valence-electron chi connectivity index (χ0n) is 13.4. The molecule has 0 radical (unpaired) electrons. The molecule has 3 nitrogen and oxygen atoms in total. The van der Waals surface area contributed by atoms with Crippen molar-refractivity contribution in [2.45, 2.75) is 20.3 Å². The van der Waals surface area contributed by atoms with Crippen molar-refractivity contribution in [3.05, 3.63) is 83.7 Å². The molecule has 3 aromatic rings. The molecule has 0 saturated carbocycles. The lowest BCUT2D eigenvalue weighted by Gasteiger charge is -2.11. The number of benzene rings is 2. The van der Waals surface area contributed by atoms with Gasteiger partial charge >= 0.3 is 0 Å². The first-order valence-corrected chi connectivity index (χ1v) is 7.72. The van der Waals surface area contributed by atoms with Gasteiger partial charge in [-0.1, -0.05) is 30.3 Å². The topological polar surface area (TPSA) is 34.0 Å². The number of aryl methyl sites for hydroxylation is 2. The Bertz CT molecular complexity index is 782. The van der Waals surface area contributed by atoms with Gasteiger partial charge in [0.05, 0.1) is 6.42 Å². The Morgan fingerprint density at radius 3 is 2.13 bits per heavy atom. The summed E-state index contributed by atoms with van der Waals surface area (Å²) in [4.78, 5) is 12.3. The van der Waals surface area contributed by atoms with E-state index in [-0.39, 0.29) is 5.91 Å². The lowest BCUT2D eigenvalue weighted by Crippen LogP contribution is -2.16. The standard InChI is InChI=1S/C20H20N2O/c1-15-6-5-7-16(2)20(15)21-19(23)14-17-8-10-18(11-9-17)22-12-3-4-13-22/h3-13H,14H2,1-2H3,(H,21,23). The van der Waals surface area contributed by atoms with E-state index in [4.69, 9.17) is 0 Å². The fourth-order valence-corrected chi connectivity index (χ4v) is 2.67. The Morgan fingerprint density at radius 1 is 0.913 bits per heavy atom. The lowest BCUT2D eigenvalue weighted by molar-refractivity contribution is -0.115. The van der Waals surface area contributed by atoms with Gasteiger partial charge < -0.3 is 9.88 Å². The van der Waals surface area contributed by atoms with Crippen LogP contribution in [-0.4, -0.2) is 10.5 Å². The van der Waals surface area contributed by atoms with Crippen molar-refractivity contribution in [2.75, 3.05) is 5.32 Å². The zero-order chi connectivity index (χ0) is 16.2. The van der Waals surface area contributed by atoms with E-state index in [0.29, 0.717) is 6.42 Å². The van der Waals surface area contributed by atoms with Crippen molar-refractivity contribution in [1.29, 1.82) is 0 Å². The lowest BCUT2D eigenvalue weighted by atomic mass is 10.1. The first kappa shape index (κ1) is 15.1. The molecule has 116 valence electrons. The normalized spacial score (nSPS) is 10.5. The second kappa shape index (κ2) is 6.53. The second-order valence-electron chi connectivity index (χ2n) is 5.75. The van der Waals surface area contributed by atoms with E-state index < -0.39 is 0 Å². The first-order chi connectivity index (χ1) is 11.1. The van der Waals surface area contributed by atoms with Crippen LogP contribution in [0.15, 0.2) is 67.0 Å². The third-order valence-corrected chi connectivity index (χ3v) is 3.95. The molecule has 3 rings (SSSR count). The van der Waals surface area contributed by atoms with Crippen LogP contribution in [-0.2, 0) is 11.2 Å². The number of rotatable bonds is 4. The van der Waals surface area contributed by atoms with Gasteiger partial charge in [0.25, 0.3) is 0 Å². The Hall–Kier alpha value is -2.81. The fourth-order valence-electron chi connectivity index (χ4n) is 2.67. The first-order valence-electron chi connectivity index (χ1n) is 7.72. The van der Waals surface area contributed by atoms with E-state index in [9.17, 15) is 4.79 Å². The number of hydrogen-bond donors (Lipinski definition) is 1. The summed E-state index contributed by atoms with van der Waals surface area (Å²) < 4.78 is 2.04. The second-order valence-corrected chi connectivity index (χ2v) is 5.75. The molecule has 2 aromatic carbocycles. The Kier molecular flexibility index (Phi) is 4.29. The van der Waals surface area contributed by atoms with Crippen molar-refractivity contribution in [3.63, 3.8) is 0 Å². The molecule has 0 fully saturated rings. The Morgan fingerprint density at radius 2 is 1.52 bits per heavy atom. The van der Waals surface area contributed by atoms with Crippen LogP contribution in [0.5, 0.6) is 0 Å². The largest absolute Gasteiger partial charge is 0.325 e. The summed E-state index contributed by atoms with van der Waals surface area (Å²) in [6.07, 6.45) is 4.38. The van der Waals surface area contributed by atoms with Gasteiger partial charge in [-0.2, -0.15) is 0 Å². The molecule has 1 N–H and O–H groups in total. The third kappa shape index (κ3) is 3.51. The molecular formula is C20H20N2O. The number of carbonyl (C=O) groups is 1. The number of anilines is 1. The highest BCUT2D eigenvalue weighted by Gasteiger charge is 2.08. The maximum atomic E-state index is 12.3. The predicted octanol–water partition coefficient (Wildman–Crippen LogP) is 4.28. The monoisotopic (exact) mass is 304 g/mol. The van der Waals surface area contributed by atoms with Crippen molar-refractivity contribution < 1.29 is 4.79 Å². The van der Waals surface area contributed by atoms with E-state index >= 15 is 0 Å². The van der Waals surface area contributed by atoms with Crippen LogP contribution in [0.3, 0.4) is 0 Å². The molecule has 1 heterocycles. The minimum absolute atomic E-state index is 0.0103. The molecule has 0 aliphatic carbocycles. The van der Waals surface area contributed by atoms with Crippen LogP contribution < -0.4 is 5.32 Å². The molecule has 0 aliphatic heterocycles. The number of aromatic nitrogens is 1. The maximum Gasteiger partial charge on any atom is 0.228 e. The zero-order valence-corrected chi connectivity index (χ0v) is 13.4. The van der Waals surface area contributed by atoms with Gasteiger partial charge in [0.1, 0.15) is 0 Å². The predicted molar refractivity (Wildman–Crippen MR) is 94.0 cm³/mol. The fraction of sp³-hybridized carbons (Fsp3) is 0.150. The van der Waals surface area contributed by atoms with Gasteiger partial charge in [-0.3, -0.25) is 4.79 Å². The van der Waals surface area contributed by atoms with Crippen molar-refractivity contribution in [2.24, 2.45) is 0 Å². The minimum Gasteiger partial charge on any atom is -0.325 e.